The molecule has 2 heterocycles. The van der Waals surface area contributed by atoms with Crippen molar-refractivity contribution < 1.29 is 9.59 Å². The van der Waals surface area contributed by atoms with Crippen LogP contribution >= 0.6 is 11.7 Å². The summed E-state index contributed by atoms with van der Waals surface area (Å²) in [5.74, 6) is -0.113. The second-order valence-electron chi connectivity index (χ2n) is 7.26. The van der Waals surface area contributed by atoms with Crippen molar-refractivity contribution in [1.29, 1.82) is 0 Å². The van der Waals surface area contributed by atoms with Crippen LogP contribution in [0.5, 0.6) is 0 Å². The van der Waals surface area contributed by atoms with E-state index in [1.54, 1.807) is 17.0 Å². The Morgan fingerprint density at radius 3 is 2.76 bits per heavy atom. The minimum Gasteiger partial charge on any atom is -0.351 e. The third-order valence-corrected chi connectivity index (χ3v) is 6.12. The van der Waals surface area contributed by atoms with Crippen LogP contribution in [-0.2, 0) is 4.79 Å². The molecular formula is C18H22N4O2S. The number of fused-ring (bicyclic) bond motifs is 1. The highest BCUT2D eigenvalue weighted by atomic mass is 32.1. The summed E-state index contributed by atoms with van der Waals surface area (Å²) in [6.07, 6.45) is 5.99. The van der Waals surface area contributed by atoms with Crippen LogP contribution in [0, 0.1) is 0 Å². The van der Waals surface area contributed by atoms with E-state index in [1.807, 2.05) is 13.0 Å². The molecule has 6 nitrogen and oxygen atoms in total. The number of aromatic nitrogens is 2. The molecule has 1 aromatic heterocycles. The van der Waals surface area contributed by atoms with Crippen LogP contribution in [0.1, 0.15) is 55.8 Å². The van der Waals surface area contributed by atoms with E-state index >= 15 is 0 Å². The number of likely N-dealkylation sites (tertiary alicyclic amines) is 1. The lowest BCUT2D eigenvalue weighted by Gasteiger charge is -2.35. The topological polar surface area (TPSA) is 75.2 Å². The van der Waals surface area contributed by atoms with Crippen LogP contribution in [0.3, 0.4) is 0 Å². The molecule has 1 saturated carbocycles. The van der Waals surface area contributed by atoms with Gasteiger partial charge in [0.1, 0.15) is 16.6 Å². The van der Waals surface area contributed by atoms with E-state index in [4.69, 9.17) is 0 Å². The summed E-state index contributed by atoms with van der Waals surface area (Å²) in [5, 5.41) is 3.17. The van der Waals surface area contributed by atoms with Crippen molar-refractivity contribution in [2.24, 2.45) is 0 Å². The van der Waals surface area contributed by atoms with Gasteiger partial charge in [-0.1, -0.05) is 12.8 Å². The Hall–Kier alpha value is -2.02. The first-order valence-electron chi connectivity index (χ1n) is 8.93. The maximum Gasteiger partial charge on any atom is 0.254 e. The second-order valence-corrected chi connectivity index (χ2v) is 7.79. The molecule has 2 fully saturated rings. The summed E-state index contributed by atoms with van der Waals surface area (Å²) in [6.45, 7) is 2.51. The fraction of sp³-hybridized carbons (Fsp3) is 0.556. The number of hydrogen-bond donors (Lipinski definition) is 1. The van der Waals surface area contributed by atoms with Gasteiger partial charge >= 0.3 is 0 Å². The molecule has 4 rings (SSSR count). The monoisotopic (exact) mass is 358 g/mol. The van der Waals surface area contributed by atoms with Crippen LogP contribution < -0.4 is 5.32 Å². The number of nitrogens with zero attached hydrogens (tertiary/aromatic N) is 3. The van der Waals surface area contributed by atoms with Crippen molar-refractivity contribution in [1.82, 2.24) is 19.0 Å². The number of hydrogen-bond acceptors (Lipinski definition) is 5. The van der Waals surface area contributed by atoms with Crippen molar-refractivity contribution in [2.75, 3.05) is 6.54 Å². The van der Waals surface area contributed by atoms with Gasteiger partial charge in [0.15, 0.2) is 0 Å². The molecule has 2 aromatic rings. The molecule has 1 aliphatic carbocycles. The third kappa shape index (κ3) is 2.90. The van der Waals surface area contributed by atoms with Crippen LogP contribution in [0.4, 0.5) is 0 Å². The molecule has 1 N–H and O–H groups in total. The van der Waals surface area contributed by atoms with Gasteiger partial charge in [-0.25, -0.2) is 0 Å². The van der Waals surface area contributed by atoms with E-state index in [1.165, 1.54) is 12.8 Å². The molecule has 1 aliphatic heterocycles. The predicted octanol–water partition coefficient (Wildman–Crippen LogP) is 2.74. The Labute approximate surface area is 150 Å². The summed E-state index contributed by atoms with van der Waals surface area (Å²) >= 11 is 1.14. The van der Waals surface area contributed by atoms with Gasteiger partial charge < -0.3 is 10.2 Å². The molecule has 0 spiro atoms. The number of amides is 2. The Morgan fingerprint density at radius 2 is 1.96 bits per heavy atom. The van der Waals surface area contributed by atoms with Crippen molar-refractivity contribution in [3.05, 3.63) is 23.8 Å². The van der Waals surface area contributed by atoms with Crippen molar-refractivity contribution in [2.45, 2.75) is 57.0 Å². The average molecular weight is 358 g/mol. The van der Waals surface area contributed by atoms with E-state index < -0.39 is 5.54 Å². The van der Waals surface area contributed by atoms with Crippen LogP contribution in [0.2, 0.25) is 0 Å². The molecule has 1 saturated heterocycles. The van der Waals surface area contributed by atoms with Crippen LogP contribution in [0.25, 0.3) is 11.0 Å². The first-order valence-corrected chi connectivity index (χ1v) is 9.66. The first-order chi connectivity index (χ1) is 12.1. The highest BCUT2D eigenvalue weighted by molar-refractivity contribution is 7.00. The van der Waals surface area contributed by atoms with Gasteiger partial charge in [0.2, 0.25) is 5.91 Å². The molecule has 25 heavy (non-hydrogen) atoms. The summed E-state index contributed by atoms with van der Waals surface area (Å²) in [5.41, 5.74) is 1.33. The van der Waals surface area contributed by atoms with Gasteiger partial charge in [-0.15, -0.1) is 0 Å². The standard InChI is InChI=1S/C18H22N4O2S/c1-18(17(24)19-13-5-2-3-6-13)9-4-10-22(18)16(23)12-7-8-14-15(11-12)21-25-20-14/h7-8,11,13H,2-6,9-10H2,1H3,(H,19,24)/t18-/m0/s1. The molecule has 2 amide bonds. The Morgan fingerprint density at radius 1 is 1.20 bits per heavy atom. The van der Waals surface area contributed by atoms with Crippen molar-refractivity contribution in [3.63, 3.8) is 0 Å². The maximum absolute atomic E-state index is 13.1. The predicted molar refractivity (Wildman–Crippen MR) is 96.5 cm³/mol. The number of carbonyl (C=O) groups is 2. The zero-order valence-electron chi connectivity index (χ0n) is 14.3. The van der Waals surface area contributed by atoms with Gasteiger partial charge in [0.05, 0.1) is 11.7 Å². The Balaban J connectivity index is 1.56. The van der Waals surface area contributed by atoms with Gasteiger partial charge in [0.25, 0.3) is 5.91 Å². The molecule has 2 aliphatic rings. The first kappa shape index (κ1) is 16.4. The van der Waals surface area contributed by atoms with Crippen molar-refractivity contribution in [3.8, 4) is 0 Å². The summed E-state index contributed by atoms with van der Waals surface area (Å²) in [6, 6.07) is 5.63. The van der Waals surface area contributed by atoms with Crippen LogP contribution in [0.15, 0.2) is 18.2 Å². The van der Waals surface area contributed by atoms with E-state index in [0.717, 1.165) is 42.0 Å². The van der Waals surface area contributed by atoms with Crippen LogP contribution in [-0.4, -0.2) is 43.6 Å². The summed E-state index contributed by atoms with van der Waals surface area (Å²) in [7, 11) is 0. The molecule has 0 bridgehead atoms. The lowest BCUT2D eigenvalue weighted by atomic mass is 9.96. The maximum atomic E-state index is 13.1. The SMILES string of the molecule is C[C@@]1(C(=O)NC2CCCC2)CCCN1C(=O)c1ccc2nsnc2c1. The lowest BCUT2D eigenvalue weighted by Crippen LogP contribution is -2.56. The molecular weight excluding hydrogens is 336 g/mol. The minimum absolute atomic E-state index is 0.0124. The van der Waals surface area contributed by atoms with Gasteiger partial charge in [-0.05, 0) is 50.8 Å². The van der Waals surface area contributed by atoms with E-state index in [2.05, 4.69) is 14.1 Å². The fourth-order valence-electron chi connectivity index (χ4n) is 4.01. The normalized spacial score (nSPS) is 24.1. The van der Waals surface area contributed by atoms with E-state index in [0.29, 0.717) is 18.5 Å². The highest BCUT2D eigenvalue weighted by Gasteiger charge is 2.46. The van der Waals surface area contributed by atoms with Gasteiger partial charge in [-0.2, -0.15) is 8.75 Å². The molecule has 1 atom stereocenters. The average Bonchev–Trinajstić information content (AvgIpc) is 3.34. The zero-order valence-corrected chi connectivity index (χ0v) is 15.1. The minimum atomic E-state index is -0.769. The van der Waals surface area contributed by atoms with Crippen molar-refractivity contribution >= 4 is 34.6 Å². The number of nitrogens with one attached hydrogen (secondary N) is 1. The molecule has 7 heteroatoms. The third-order valence-electron chi connectivity index (χ3n) is 5.57. The molecule has 132 valence electrons. The Kier molecular flexibility index (Phi) is 4.19. The summed E-state index contributed by atoms with van der Waals surface area (Å²) in [4.78, 5) is 27.7. The smallest absolute Gasteiger partial charge is 0.254 e. The largest absolute Gasteiger partial charge is 0.351 e. The molecule has 0 unspecified atom stereocenters. The number of rotatable bonds is 3. The number of carbonyl (C=O) groups excluding carboxylic acids is 2. The fourth-order valence-corrected chi connectivity index (χ4v) is 4.52. The highest BCUT2D eigenvalue weighted by Crippen LogP contribution is 2.32. The quantitative estimate of drug-likeness (QED) is 0.915. The Bertz CT molecular complexity index is 814. The van der Waals surface area contributed by atoms with E-state index in [-0.39, 0.29) is 17.9 Å². The molecule has 1 aromatic carbocycles. The van der Waals surface area contributed by atoms with E-state index in [9.17, 15) is 9.59 Å². The zero-order chi connectivity index (χ0) is 17.4. The molecule has 0 radical (unpaired) electrons. The lowest BCUT2D eigenvalue weighted by molar-refractivity contribution is -0.130. The number of benzene rings is 1. The second kappa shape index (κ2) is 6.37. The van der Waals surface area contributed by atoms with Gasteiger partial charge in [0, 0.05) is 18.2 Å². The summed E-state index contributed by atoms with van der Waals surface area (Å²) < 4.78 is 8.38. The van der Waals surface area contributed by atoms with Gasteiger partial charge in [-0.3, -0.25) is 9.59 Å².